The van der Waals surface area contributed by atoms with Gasteiger partial charge in [0.25, 0.3) is 15.0 Å². The monoisotopic (exact) mass is 278 g/mol. The Labute approximate surface area is 105 Å². The highest BCUT2D eigenvalue weighted by Crippen LogP contribution is 2.17. The van der Waals surface area contributed by atoms with Gasteiger partial charge in [0.15, 0.2) is 0 Å². The lowest BCUT2D eigenvalue weighted by molar-refractivity contribution is 0.0735. The van der Waals surface area contributed by atoms with E-state index in [2.05, 4.69) is 4.98 Å². The zero-order valence-electron chi connectivity index (χ0n) is 9.90. The molecule has 1 unspecified atom stereocenters. The minimum absolute atomic E-state index is 0.0851. The Morgan fingerprint density at radius 1 is 1.59 bits per heavy atom. The van der Waals surface area contributed by atoms with Crippen LogP contribution >= 0.6 is 10.7 Å². The fourth-order valence-electron chi connectivity index (χ4n) is 1.30. The number of rotatable bonds is 4. The predicted molar refractivity (Wildman–Crippen MR) is 65.7 cm³/mol. The lowest BCUT2D eigenvalue weighted by atomic mass is 10.2. The van der Waals surface area contributed by atoms with Crippen LogP contribution in [0.1, 0.15) is 30.8 Å². The molecular formula is C10H15ClN2O3S. The number of carbonyl (C=O) groups is 1. The number of aromatic amines is 1. The van der Waals surface area contributed by atoms with Gasteiger partial charge in [0, 0.05) is 30.0 Å². The van der Waals surface area contributed by atoms with Gasteiger partial charge in [-0.15, -0.1) is 0 Å². The molecule has 0 aromatic carbocycles. The van der Waals surface area contributed by atoms with Crippen molar-refractivity contribution >= 4 is 25.6 Å². The first kappa shape index (κ1) is 14.1. The van der Waals surface area contributed by atoms with Crippen LogP contribution in [0.3, 0.4) is 0 Å². The van der Waals surface area contributed by atoms with Gasteiger partial charge in [0.05, 0.1) is 0 Å². The third-order valence-corrected chi connectivity index (χ3v) is 4.07. The Kier molecular flexibility index (Phi) is 4.21. The van der Waals surface area contributed by atoms with Crippen molar-refractivity contribution in [1.82, 2.24) is 9.88 Å². The molecule has 7 heteroatoms. The molecule has 1 atom stereocenters. The Morgan fingerprint density at radius 2 is 2.18 bits per heavy atom. The Hall–Kier alpha value is -1.01. The molecule has 0 aliphatic heterocycles. The normalized spacial score (nSPS) is 13.4. The fourth-order valence-corrected chi connectivity index (χ4v) is 2.03. The molecule has 5 nitrogen and oxygen atoms in total. The van der Waals surface area contributed by atoms with Crippen LogP contribution in [0.2, 0.25) is 0 Å². The third-order valence-electron chi connectivity index (χ3n) is 2.74. The molecule has 0 aliphatic rings. The molecule has 1 rings (SSSR count). The second-order valence-electron chi connectivity index (χ2n) is 3.86. The topological polar surface area (TPSA) is 70.2 Å². The number of amides is 1. The summed E-state index contributed by atoms with van der Waals surface area (Å²) in [6.07, 6.45) is 2.03. The molecule has 1 N–H and O–H groups in total. The van der Waals surface area contributed by atoms with Crippen molar-refractivity contribution in [2.24, 2.45) is 0 Å². The van der Waals surface area contributed by atoms with Crippen molar-refractivity contribution in [2.75, 3.05) is 7.05 Å². The maximum absolute atomic E-state index is 11.9. The molecule has 96 valence electrons. The number of halogens is 1. The highest BCUT2D eigenvalue weighted by molar-refractivity contribution is 8.13. The van der Waals surface area contributed by atoms with Gasteiger partial charge in [-0.05, 0) is 19.4 Å². The number of carbonyl (C=O) groups excluding carboxylic acids is 1. The van der Waals surface area contributed by atoms with E-state index < -0.39 is 9.05 Å². The zero-order chi connectivity index (χ0) is 13.2. The van der Waals surface area contributed by atoms with Gasteiger partial charge < -0.3 is 9.88 Å². The number of H-pyrrole nitrogens is 1. The largest absolute Gasteiger partial charge is 0.356 e. The van der Waals surface area contributed by atoms with Crippen LogP contribution in [-0.4, -0.2) is 37.3 Å². The van der Waals surface area contributed by atoms with Crippen molar-refractivity contribution in [2.45, 2.75) is 31.2 Å². The van der Waals surface area contributed by atoms with E-state index in [0.717, 1.165) is 6.42 Å². The van der Waals surface area contributed by atoms with Crippen LogP contribution in [0.25, 0.3) is 0 Å². The molecule has 1 aromatic rings. The summed E-state index contributed by atoms with van der Waals surface area (Å²) in [7, 11) is 3.05. The summed E-state index contributed by atoms with van der Waals surface area (Å²) in [6, 6.07) is 1.32. The highest BCUT2D eigenvalue weighted by Gasteiger charge is 2.20. The number of hydrogen-bond acceptors (Lipinski definition) is 3. The van der Waals surface area contributed by atoms with E-state index in [9.17, 15) is 13.2 Å². The maximum Gasteiger partial charge on any atom is 0.270 e. The number of hydrogen-bond donors (Lipinski definition) is 1. The molecule has 0 saturated carbocycles. The molecule has 17 heavy (non-hydrogen) atoms. The van der Waals surface area contributed by atoms with Crippen LogP contribution < -0.4 is 0 Å². The summed E-state index contributed by atoms with van der Waals surface area (Å²) in [5.41, 5.74) is 0.215. The van der Waals surface area contributed by atoms with E-state index in [0.29, 0.717) is 0 Å². The molecule has 0 fully saturated rings. The molecule has 1 amide bonds. The summed E-state index contributed by atoms with van der Waals surface area (Å²) in [4.78, 5) is 16.0. The smallest absolute Gasteiger partial charge is 0.270 e. The van der Waals surface area contributed by atoms with E-state index >= 15 is 0 Å². The van der Waals surface area contributed by atoms with E-state index in [4.69, 9.17) is 10.7 Å². The summed E-state index contributed by atoms with van der Waals surface area (Å²) >= 11 is 0. The third kappa shape index (κ3) is 3.23. The molecule has 0 saturated heterocycles. The fraction of sp³-hybridized carbons (Fsp3) is 0.500. The molecule has 0 aliphatic carbocycles. The summed E-state index contributed by atoms with van der Waals surface area (Å²) in [5, 5.41) is 0. The van der Waals surface area contributed by atoms with Crippen LogP contribution in [0.15, 0.2) is 17.2 Å². The Morgan fingerprint density at radius 3 is 2.59 bits per heavy atom. The van der Waals surface area contributed by atoms with Gasteiger partial charge in [-0.25, -0.2) is 8.42 Å². The Balaban J connectivity index is 2.95. The minimum atomic E-state index is -3.80. The second-order valence-corrected chi connectivity index (χ2v) is 6.43. The van der Waals surface area contributed by atoms with Crippen LogP contribution in [0.5, 0.6) is 0 Å². The van der Waals surface area contributed by atoms with Crippen LogP contribution in [0.4, 0.5) is 0 Å². The maximum atomic E-state index is 11.9. The standard InChI is InChI=1S/C10H15ClN2O3S/c1-4-7(2)13(3)10(14)9-5-8(6-12-9)17(11,15)16/h5-7,12H,4H2,1-3H3. The van der Waals surface area contributed by atoms with Gasteiger partial charge in [-0.3, -0.25) is 4.79 Å². The van der Waals surface area contributed by atoms with Crippen molar-refractivity contribution < 1.29 is 13.2 Å². The second kappa shape index (κ2) is 5.10. The average molecular weight is 279 g/mol. The van der Waals surface area contributed by atoms with Gasteiger partial charge in [-0.1, -0.05) is 6.92 Å². The Bertz CT molecular complexity index is 509. The van der Waals surface area contributed by atoms with E-state index in [1.54, 1.807) is 11.9 Å². The van der Waals surface area contributed by atoms with Crippen LogP contribution in [0, 0.1) is 0 Å². The predicted octanol–water partition coefficient (Wildman–Crippen LogP) is 1.81. The number of nitrogens with one attached hydrogen (secondary N) is 1. The van der Waals surface area contributed by atoms with Crippen molar-refractivity contribution in [3.8, 4) is 0 Å². The summed E-state index contributed by atoms with van der Waals surface area (Å²) in [6.45, 7) is 3.89. The minimum Gasteiger partial charge on any atom is -0.356 e. The summed E-state index contributed by atoms with van der Waals surface area (Å²) in [5.74, 6) is -0.258. The first-order valence-corrected chi connectivity index (χ1v) is 7.48. The van der Waals surface area contributed by atoms with Gasteiger partial charge in [0.1, 0.15) is 10.6 Å². The SMILES string of the molecule is CCC(C)N(C)C(=O)c1cc(S(=O)(=O)Cl)c[nH]1. The van der Waals surface area contributed by atoms with Crippen molar-refractivity contribution in [3.63, 3.8) is 0 Å². The van der Waals surface area contributed by atoms with E-state index in [1.807, 2.05) is 13.8 Å². The highest BCUT2D eigenvalue weighted by atomic mass is 35.7. The summed E-state index contributed by atoms with van der Waals surface area (Å²) < 4.78 is 22.1. The zero-order valence-corrected chi connectivity index (χ0v) is 11.5. The molecule has 0 bridgehead atoms. The number of nitrogens with zero attached hydrogens (tertiary/aromatic N) is 1. The first-order chi connectivity index (χ1) is 7.77. The van der Waals surface area contributed by atoms with Crippen LogP contribution in [-0.2, 0) is 9.05 Å². The molecule has 0 spiro atoms. The van der Waals surface area contributed by atoms with Crippen molar-refractivity contribution in [3.05, 3.63) is 18.0 Å². The van der Waals surface area contributed by atoms with Gasteiger partial charge >= 0.3 is 0 Å². The van der Waals surface area contributed by atoms with E-state index in [1.165, 1.54) is 12.3 Å². The quantitative estimate of drug-likeness (QED) is 0.854. The molecule has 1 heterocycles. The first-order valence-electron chi connectivity index (χ1n) is 5.17. The average Bonchev–Trinajstić information content (AvgIpc) is 2.74. The van der Waals surface area contributed by atoms with Gasteiger partial charge in [-0.2, -0.15) is 0 Å². The number of aromatic nitrogens is 1. The lowest BCUT2D eigenvalue weighted by Gasteiger charge is -2.23. The molecular weight excluding hydrogens is 264 g/mol. The molecule has 0 radical (unpaired) electrons. The molecule has 1 aromatic heterocycles. The lowest BCUT2D eigenvalue weighted by Crippen LogP contribution is -2.34. The van der Waals surface area contributed by atoms with E-state index in [-0.39, 0.29) is 22.5 Å². The van der Waals surface area contributed by atoms with Gasteiger partial charge in [0.2, 0.25) is 0 Å². The van der Waals surface area contributed by atoms with Crippen molar-refractivity contribution in [1.29, 1.82) is 0 Å².